The minimum atomic E-state index is 0.124. The molecule has 2 rings (SSSR count). The third-order valence-corrected chi connectivity index (χ3v) is 4.01. The van der Waals surface area contributed by atoms with Gasteiger partial charge in [-0.15, -0.1) is 0 Å². The first-order chi connectivity index (χ1) is 8.27. The second kappa shape index (κ2) is 5.50. The number of nitrogens with zero attached hydrogens (tertiary/aromatic N) is 2. The van der Waals surface area contributed by atoms with E-state index in [9.17, 15) is 4.79 Å². The largest absolute Gasteiger partial charge is 0.338 e. The van der Waals surface area contributed by atoms with E-state index in [0.717, 1.165) is 32.1 Å². The number of hydrogen-bond acceptors (Lipinski definition) is 3. The molecule has 0 heterocycles. The Morgan fingerprint density at radius 2 is 2.12 bits per heavy atom. The first-order valence-corrected chi connectivity index (χ1v) is 6.65. The van der Waals surface area contributed by atoms with Crippen molar-refractivity contribution in [2.75, 3.05) is 13.1 Å². The molecule has 0 saturated heterocycles. The summed E-state index contributed by atoms with van der Waals surface area (Å²) >= 11 is 0. The maximum atomic E-state index is 12.5. The van der Waals surface area contributed by atoms with Gasteiger partial charge in [0.1, 0.15) is 0 Å². The SMILES string of the molecule is N#CCCN(C(=O)C1CCCC1CN)C1CC1. The molecule has 0 aromatic carbocycles. The van der Waals surface area contributed by atoms with Crippen molar-refractivity contribution >= 4 is 5.91 Å². The van der Waals surface area contributed by atoms with Crippen molar-refractivity contribution in [1.82, 2.24) is 4.90 Å². The van der Waals surface area contributed by atoms with E-state index in [-0.39, 0.29) is 11.8 Å². The van der Waals surface area contributed by atoms with Crippen molar-refractivity contribution in [1.29, 1.82) is 5.26 Å². The normalized spacial score (nSPS) is 27.8. The molecule has 2 N–H and O–H groups in total. The molecule has 4 heteroatoms. The third-order valence-electron chi connectivity index (χ3n) is 4.01. The van der Waals surface area contributed by atoms with Crippen LogP contribution in [0.1, 0.15) is 38.5 Å². The molecule has 0 aromatic heterocycles. The van der Waals surface area contributed by atoms with E-state index in [2.05, 4.69) is 6.07 Å². The lowest BCUT2D eigenvalue weighted by atomic mass is 9.94. The van der Waals surface area contributed by atoms with Crippen molar-refractivity contribution < 1.29 is 4.79 Å². The number of rotatable bonds is 5. The van der Waals surface area contributed by atoms with Gasteiger partial charge in [0.05, 0.1) is 12.5 Å². The maximum absolute atomic E-state index is 12.5. The average Bonchev–Trinajstić information content (AvgIpc) is 3.06. The third kappa shape index (κ3) is 2.78. The zero-order valence-corrected chi connectivity index (χ0v) is 10.3. The highest BCUT2D eigenvalue weighted by Gasteiger charge is 2.39. The van der Waals surface area contributed by atoms with Gasteiger partial charge in [-0.05, 0) is 38.1 Å². The summed E-state index contributed by atoms with van der Waals surface area (Å²) in [6.45, 7) is 1.22. The molecule has 2 fully saturated rings. The molecule has 0 radical (unpaired) electrons. The zero-order chi connectivity index (χ0) is 12.3. The Labute approximate surface area is 103 Å². The molecule has 2 unspecified atom stereocenters. The van der Waals surface area contributed by atoms with Crippen molar-refractivity contribution in [2.24, 2.45) is 17.6 Å². The van der Waals surface area contributed by atoms with Gasteiger partial charge in [0.15, 0.2) is 0 Å². The van der Waals surface area contributed by atoms with Crippen LogP contribution in [0.3, 0.4) is 0 Å². The molecule has 0 aliphatic heterocycles. The fourth-order valence-electron chi connectivity index (χ4n) is 2.89. The Bertz CT molecular complexity index is 319. The Balaban J connectivity index is 1.97. The van der Waals surface area contributed by atoms with E-state index in [1.807, 2.05) is 4.90 Å². The van der Waals surface area contributed by atoms with Crippen LogP contribution in [0.2, 0.25) is 0 Å². The van der Waals surface area contributed by atoms with E-state index in [0.29, 0.717) is 31.5 Å². The number of hydrogen-bond donors (Lipinski definition) is 1. The second-order valence-electron chi connectivity index (χ2n) is 5.20. The molecule has 4 nitrogen and oxygen atoms in total. The smallest absolute Gasteiger partial charge is 0.226 e. The Hall–Kier alpha value is -1.08. The van der Waals surface area contributed by atoms with Gasteiger partial charge in [0, 0.05) is 18.5 Å². The van der Waals surface area contributed by atoms with E-state index >= 15 is 0 Å². The van der Waals surface area contributed by atoms with Crippen molar-refractivity contribution in [3.05, 3.63) is 0 Å². The van der Waals surface area contributed by atoms with Crippen LogP contribution in [0.5, 0.6) is 0 Å². The lowest BCUT2D eigenvalue weighted by Gasteiger charge is -2.27. The predicted molar refractivity (Wildman–Crippen MR) is 64.9 cm³/mol. The summed E-state index contributed by atoms with van der Waals surface area (Å²) in [5, 5.41) is 8.65. The van der Waals surface area contributed by atoms with Crippen LogP contribution in [-0.2, 0) is 4.79 Å². The predicted octanol–water partition coefficient (Wildman–Crippen LogP) is 1.27. The molecule has 94 valence electrons. The summed E-state index contributed by atoms with van der Waals surface area (Å²) in [6, 6.07) is 2.54. The summed E-state index contributed by atoms with van der Waals surface area (Å²) in [5.41, 5.74) is 5.73. The lowest BCUT2D eigenvalue weighted by molar-refractivity contribution is -0.137. The van der Waals surface area contributed by atoms with Crippen LogP contribution in [0.4, 0.5) is 0 Å². The molecule has 0 spiro atoms. The van der Waals surface area contributed by atoms with Crippen molar-refractivity contribution in [3.63, 3.8) is 0 Å². The molecule has 2 saturated carbocycles. The van der Waals surface area contributed by atoms with Crippen molar-refractivity contribution in [3.8, 4) is 6.07 Å². The number of amides is 1. The zero-order valence-electron chi connectivity index (χ0n) is 10.3. The number of nitriles is 1. The van der Waals surface area contributed by atoms with Crippen LogP contribution in [0.25, 0.3) is 0 Å². The van der Waals surface area contributed by atoms with Gasteiger partial charge in [-0.2, -0.15) is 5.26 Å². The number of carbonyl (C=O) groups excluding carboxylic acids is 1. The first kappa shape index (κ1) is 12.4. The van der Waals surface area contributed by atoms with Gasteiger partial charge in [-0.1, -0.05) is 6.42 Å². The molecule has 17 heavy (non-hydrogen) atoms. The minimum absolute atomic E-state index is 0.124. The van der Waals surface area contributed by atoms with Crippen LogP contribution in [0.15, 0.2) is 0 Å². The van der Waals surface area contributed by atoms with Gasteiger partial charge in [0.25, 0.3) is 0 Å². The average molecular weight is 235 g/mol. The fourth-order valence-corrected chi connectivity index (χ4v) is 2.89. The maximum Gasteiger partial charge on any atom is 0.226 e. The second-order valence-corrected chi connectivity index (χ2v) is 5.20. The van der Waals surface area contributed by atoms with Gasteiger partial charge in [-0.25, -0.2) is 0 Å². The highest BCUT2D eigenvalue weighted by atomic mass is 16.2. The molecule has 2 aliphatic rings. The monoisotopic (exact) mass is 235 g/mol. The minimum Gasteiger partial charge on any atom is -0.338 e. The highest BCUT2D eigenvalue weighted by Crippen LogP contribution is 2.36. The summed E-state index contributed by atoms with van der Waals surface area (Å²) in [5.74, 6) is 0.751. The van der Waals surface area contributed by atoms with Crippen LogP contribution in [-0.4, -0.2) is 29.9 Å². The Morgan fingerprint density at radius 3 is 2.71 bits per heavy atom. The van der Waals surface area contributed by atoms with E-state index < -0.39 is 0 Å². The standard InChI is InChI=1S/C13H21N3O/c14-7-2-8-16(11-5-6-11)13(17)12-4-1-3-10(12)9-15/h10-12H,1-6,8-9,15H2. The van der Waals surface area contributed by atoms with Gasteiger partial charge in [0.2, 0.25) is 5.91 Å². The highest BCUT2D eigenvalue weighted by molar-refractivity contribution is 5.80. The summed E-state index contributed by atoms with van der Waals surface area (Å²) in [4.78, 5) is 14.4. The summed E-state index contributed by atoms with van der Waals surface area (Å²) in [7, 11) is 0. The molecule has 0 aromatic rings. The molecular formula is C13H21N3O. The quantitative estimate of drug-likeness (QED) is 0.780. The lowest BCUT2D eigenvalue weighted by Crippen LogP contribution is -2.40. The Morgan fingerprint density at radius 1 is 1.35 bits per heavy atom. The van der Waals surface area contributed by atoms with Gasteiger partial charge in [-0.3, -0.25) is 4.79 Å². The molecule has 0 bridgehead atoms. The number of nitrogens with two attached hydrogens (primary N) is 1. The van der Waals surface area contributed by atoms with Crippen LogP contribution in [0, 0.1) is 23.2 Å². The molecule has 2 aliphatic carbocycles. The molecular weight excluding hydrogens is 214 g/mol. The molecule has 2 atom stereocenters. The van der Waals surface area contributed by atoms with Gasteiger partial charge >= 0.3 is 0 Å². The topological polar surface area (TPSA) is 70.1 Å². The molecule has 1 amide bonds. The summed E-state index contributed by atoms with van der Waals surface area (Å²) in [6.07, 6.45) is 5.85. The first-order valence-electron chi connectivity index (χ1n) is 6.65. The van der Waals surface area contributed by atoms with E-state index in [1.54, 1.807) is 0 Å². The van der Waals surface area contributed by atoms with Crippen LogP contribution >= 0.6 is 0 Å². The van der Waals surface area contributed by atoms with Gasteiger partial charge < -0.3 is 10.6 Å². The summed E-state index contributed by atoms with van der Waals surface area (Å²) < 4.78 is 0. The Kier molecular flexibility index (Phi) is 4.01. The van der Waals surface area contributed by atoms with Crippen LogP contribution < -0.4 is 5.73 Å². The van der Waals surface area contributed by atoms with E-state index in [4.69, 9.17) is 11.0 Å². The van der Waals surface area contributed by atoms with Crippen molar-refractivity contribution in [2.45, 2.75) is 44.6 Å². The fraction of sp³-hybridized carbons (Fsp3) is 0.846. The number of carbonyl (C=O) groups is 1. The van der Waals surface area contributed by atoms with E-state index in [1.165, 1.54) is 0 Å².